The molecular formula is C8H11N5O. The average Bonchev–Trinajstić information content (AvgIpc) is 3.03. The third kappa shape index (κ3) is 1.72. The Morgan fingerprint density at radius 3 is 3.14 bits per heavy atom. The van der Waals surface area contributed by atoms with Crippen LogP contribution in [0, 0.1) is 5.41 Å². The van der Waals surface area contributed by atoms with Gasteiger partial charge in [-0.1, -0.05) is 0 Å². The molecule has 0 unspecified atom stereocenters. The van der Waals surface area contributed by atoms with Crippen molar-refractivity contribution in [2.24, 2.45) is 5.84 Å². The first-order chi connectivity index (χ1) is 6.85. The van der Waals surface area contributed by atoms with E-state index < -0.39 is 0 Å². The third-order valence-electron chi connectivity index (χ3n) is 1.99. The van der Waals surface area contributed by atoms with Crippen LogP contribution in [-0.2, 0) is 4.74 Å². The molecule has 1 saturated heterocycles. The molecule has 1 atom stereocenters. The highest BCUT2D eigenvalue weighted by Crippen LogP contribution is 2.30. The molecule has 2 heterocycles. The van der Waals surface area contributed by atoms with Crippen LogP contribution in [0.2, 0.25) is 0 Å². The van der Waals surface area contributed by atoms with Gasteiger partial charge in [0.05, 0.1) is 6.61 Å². The van der Waals surface area contributed by atoms with Gasteiger partial charge in [0.2, 0.25) is 0 Å². The van der Waals surface area contributed by atoms with Gasteiger partial charge in [0, 0.05) is 6.20 Å². The maximum absolute atomic E-state index is 7.08. The number of nitrogens with two attached hydrogens (primary N) is 1. The summed E-state index contributed by atoms with van der Waals surface area (Å²) < 4.78 is 5.14. The number of nitrogens with one attached hydrogen (secondary N) is 2. The average molecular weight is 193 g/mol. The molecule has 1 aromatic rings. The summed E-state index contributed by atoms with van der Waals surface area (Å²) in [6.45, 7) is 0.754. The van der Waals surface area contributed by atoms with Crippen molar-refractivity contribution in [3.8, 4) is 0 Å². The lowest BCUT2D eigenvalue weighted by Gasteiger charge is -2.15. The normalized spacial score (nSPS) is 19.1. The highest BCUT2D eigenvalue weighted by atomic mass is 16.6. The van der Waals surface area contributed by atoms with Crippen LogP contribution < -0.4 is 16.4 Å². The van der Waals surface area contributed by atoms with Gasteiger partial charge in [-0.05, 0) is 17.7 Å². The van der Waals surface area contributed by atoms with Crippen LogP contribution in [0.25, 0.3) is 0 Å². The number of hydrogen-bond acceptors (Lipinski definition) is 5. The van der Waals surface area contributed by atoms with E-state index in [1.54, 1.807) is 6.20 Å². The first kappa shape index (κ1) is 9.07. The highest BCUT2D eigenvalue weighted by molar-refractivity contribution is 5.73. The predicted molar refractivity (Wildman–Crippen MR) is 51.5 cm³/mol. The quantitative estimate of drug-likeness (QED) is 0.205. The lowest BCUT2D eigenvalue weighted by molar-refractivity contribution is 0.415. The van der Waals surface area contributed by atoms with Gasteiger partial charge < -0.3 is 4.74 Å². The van der Waals surface area contributed by atoms with Crippen LogP contribution in [0.4, 0.5) is 5.82 Å². The second-order valence-corrected chi connectivity index (χ2v) is 2.90. The van der Waals surface area contributed by atoms with Crippen LogP contribution in [0.5, 0.6) is 0 Å². The van der Waals surface area contributed by atoms with Gasteiger partial charge in [0.25, 0.3) is 0 Å². The van der Waals surface area contributed by atoms with Crippen molar-refractivity contribution in [1.29, 1.82) is 5.41 Å². The molecule has 0 saturated carbocycles. The van der Waals surface area contributed by atoms with Gasteiger partial charge in [-0.25, -0.2) is 9.99 Å². The second-order valence-electron chi connectivity index (χ2n) is 2.90. The number of nitrogens with zero attached hydrogens (tertiary/aromatic N) is 2. The van der Waals surface area contributed by atoms with Crippen molar-refractivity contribution in [2.75, 3.05) is 11.6 Å². The smallest absolute Gasteiger partial charge is 0.149 e. The predicted octanol–water partition coefficient (Wildman–Crippen LogP) is -0.0553. The van der Waals surface area contributed by atoms with Crippen molar-refractivity contribution in [3.05, 3.63) is 23.9 Å². The molecule has 0 bridgehead atoms. The van der Waals surface area contributed by atoms with Gasteiger partial charge in [-0.2, -0.15) is 5.53 Å². The zero-order valence-electron chi connectivity index (χ0n) is 7.47. The number of hydrogen-bond donors (Lipinski definition) is 3. The van der Waals surface area contributed by atoms with E-state index in [4.69, 9.17) is 16.0 Å². The van der Waals surface area contributed by atoms with Crippen LogP contribution in [0.15, 0.2) is 18.3 Å². The van der Waals surface area contributed by atoms with E-state index in [2.05, 4.69) is 10.5 Å². The number of pyridine rings is 1. The highest BCUT2D eigenvalue weighted by Gasteiger charge is 2.25. The minimum atomic E-state index is 0.183. The van der Waals surface area contributed by atoms with Crippen molar-refractivity contribution in [2.45, 2.75) is 6.10 Å². The van der Waals surface area contributed by atoms with Gasteiger partial charge in [0.1, 0.15) is 18.3 Å². The topological polar surface area (TPSA) is 90.6 Å². The summed E-state index contributed by atoms with van der Waals surface area (Å²) in [5.74, 6) is 5.79. The Hall–Kier alpha value is -1.50. The van der Waals surface area contributed by atoms with E-state index in [1.807, 2.05) is 12.1 Å². The van der Waals surface area contributed by atoms with E-state index in [0.717, 1.165) is 18.5 Å². The molecule has 1 aliphatic heterocycles. The summed E-state index contributed by atoms with van der Waals surface area (Å²) >= 11 is 0. The Balaban J connectivity index is 2.23. The summed E-state index contributed by atoms with van der Waals surface area (Å²) in [7, 11) is 0. The molecular weight excluding hydrogens is 182 g/mol. The standard InChI is InChI=1S/C8H11N5O/c9-5-13(12-10)8-3-6(1-2-11-8)7-4-14-7/h1-3,5,7,9,12H,4,10H2/t7-/m1/s1. The summed E-state index contributed by atoms with van der Waals surface area (Å²) in [5, 5.41) is 8.39. The fourth-order valence-corrected chi connectivity index (χ4v) is 1.18. The van der Waals surface area contributed by atoms with Crippen LogP contribution in [-0.4, -0.2) is 17.9 Å². The van der Waals surface area contributed by atoms with Crippen LogP contribution in [0.3, 0.4) is 0 Å². The molecule has 6 heteroatoms. The minimum Gasteiger partial charge on any atom is -0.368 e. The van der Waals surface area contributed by atoms with E-state index in [0.29, 0.717) is 5.82 Å². The lowest BCUT2D eigenvalue weighted by atomic mass is 10.2. The van der Waals surface area contributed by atoms with Gasteiger partial charge in [0.15, 0.2) is 0 Å². The Labute approximate surface area is 81.1 Å². The Morgan fingerprint density at radius 2 is 2.57 bits per heavy atom. The number of aromatic nitrogens is 1. The molecule has 0 radical (unpaired) electrons. The molecule has 74 valence electrons. The second kappa shape index (κ2) is 3.70. The molecule has 14 heavy (non-hydrogen) atoms. The fourth-order valence-electron chi connectivity index (χ4n) is 1.18. The van der Waals surface area contributed by atoms with Crippen molar-refractivity contribution in [3.63, 3.8) is 0 Å². The summed E-state index contributed by atoms with van der Waals surface area (Å²) in [5.41, 5.74) is 3.39. The molecule has 0 spiro atoms. The third-order valence-corrected chi connectivity index (χ3v) is 1.99. The molecule has 1 aliphatic rings. The van der Waals surface area contributed by atoms with E-state index in [9.17, 15) is 0 Å². The summed E-state index contributed by atoms with van der Waals surface area (Å²) in [6, 6.07) is 3.72. The molecule has 2 rings (SSSR count). The Kier molecular flexibility index (Phi) is 2.40. The molecule has 1 fully saturated rings. The molecule has 6 nitrogen and oxygen atoms in total. The fraction of sp³-hybridized carbons (Fsp3) is 0.250. The van der Waals surface area contributed by atoms with Crippen LogP contribution in [0.1, 0.15) is 11.7 Å². The number of rotatable bonds is 4. The summed E-state index contributed by atoms with van der Waals surface area (Å²) in [4.78, 5) is 4.07. The van der Waals surface area contributed by atoms with Gasteiger partial charge >= 0.3 is 0 Å². The Morgan fingerprint density at radius 1 is 1.79 bits per heavy atom. The molecule has 1 aromatic heterocycles. The largest absolute Gasteiger partial charge is 0.368 e. The Bertz CT molecular complexity index is 338. The molecule has 0 amide bonds. The van der Waals surface area contributed by atoms with Gasteiger partial charge in [-0.3, -0.25) is 11.3 Å². The van der Waals surface area contributed by atoms with Crippen LogP contribution >= 0.6 is 0 Å². The minimum absolute atomic E-state index is 0.183. The number of hydrazine groups is 2. The zero-order valence-corrected chi connectivity index (χ0v) is 7.47. The molecule has 0 aromatic carbocycles. The first-order valence-corrected chi connectivity index (χ1v) is 4.19. The monoisotopic (exact) mass is 193 g/mol. The van der Waals surface area contributed by atoms with E-state index in [1.165, 1.54) is 5.01 Å². The van der Waals surface area contributed by atoms with Crippen molar-refractivity contribution >= 4 is 12.2 Å². The SMILES string of the molecule is N=CN(NN)c1cc([C@H]2CO2)ccn1. The molecule has 0 aliphatic carbocycles. The molecule has 4 N–H and O–H groups in total. The number of epoxide rings is 1. The first-order valence-electron chi connectivity index (χ1n) is 4.19. The summed E-state index contributed by atoms with van der Waals surface area (Å²) in [6.07, 6.45) is 2.90. The van der Waals surface area contributed by atoms with Crippen molar-refractivity contribution in [1.82, 2.24) is 10.5 Å². The lowest BCUT2D eigenvalue weighted by Crippen LogP contribution is -2.42. The zero-order chi connectivity index (χ0) is 9.97. The number of ether oxygens (including phenoxy) is 1. The van der Waals surface area contributed by atoms with Crippen molar-refractivity contribution < 1.29 is 4.74 Å². The number of anilines is 1. The maximum atomic E-state index is 7.08. The van der Waals surface area contributed by atoms with E-state index >= 15 is 0 Å². The maximum Gasteiger partial charge on any atom is 0.149 e. The van der Waals surface area contributed by atoms with E-state index in [-0.39, 0.29) is 6.10 Å². The van der Waals surface area contributed by atoms with Gasteiger partial charge in [-0.15, -0.1) is 0 Å².